The van der Waals surface area contributed by atoms with Crippen LogP contribution in [0.1, 0.15) is 24.5 Å². The highest BCUT2D eigenvalue weighted by Crippen LogP contribution is 2.28. The van der Waals surface area contributed by atoms with Crippen molar-refractivity contribution in [1.82, 2.24) is 0 Å². The summed E-state index contributed by atoms with van der Waals surface area (Å²) in [6.45, 7) is 1.59. The molecule has 3 aromatic rings. The van der Waals surface area contributed by atoms with Gasteiger partial charge in [-0.25, -0.2) is 12.8 Å². The summed E-state index contributed by atoms with van der Waals surface area (Å²) in [5, 5.41) is 9.14. The average molecular weight is 437 g/mol. The van der Waals surface area contributed by atoms with Crippen molar-refractivity contribution in [2.45, 2.75) is 24.8 Å². The molecule has 5 nitrogen and oxygen atoms in total. The first kappa shape index (κ1) is 22.2. The number of anilines is 1. The smallest absolute Gasteiger partial charge is 0.227 e. The number of nitriles is 1. The average Bonchev–Trinajstić information content (AvgIpc) is 2.76. The molecule has 0 bridgehead atoms. The highest BCUT2D eigenvalue weighted by Gasteiger charge is 2.21. The first-order valence-corrected chi connectivity index (χ1v) is 11.5. The predicted octanol–water partition coefficient (Wildman–Crippen LogP) is 4.71. The van der Waals surface area contributed by atoms with Gasteiger partial charge < -0.3 is 4.90 Å². The number of carbonyl (C=O) groups is 1. The van der Waals surface area contributed by atoms with Gasteiger partial charge in [0.15, 0.2) is 9.84 Å². The SMILES string of the molecule is CCC(=O)N(Cc1ccc(-c2ccccc2)cc1S(C)(=O)=O)c1cc(F)cc(C#N)c1. The van der Waals surface area contributed by atoms with Crippen LogP contribution >= 0.6 is 0 Å². The van der Waals surface area contributed by atoms with E-state index in [-0.39, 0.29) is 35.0 Å². The molecule has 7 heteroatoms. The zero-order chi connectivity index (χ0) is 22.6. The van der Waals surface area contributed by atoms with Crippen molar-refractivity contribution in [3.63, 3.8) is 0 Å². The molecule has 0 radical (unpaired) electrons. The molecule has 0 unspecified atom stereocenters. The maximum absolute atomic E-state index is 14.0. The van der Waals surface area contributed by atoms with E-state index in [4.69, 9.17) is 5.26 Å². The molecule has 0 heterocycles. The van der Waals surface area contributed by atoms with E-state index in [0.29, 0.717) is 5.56 Å². The fourth-order valence-electron chi connectivity index (χ4n) is 3.32. The van der Waals surface area contributed by atoms with Crippen LogP contribution in [0, 0.1) is 17.1 Å². The van der Waals surface area contributed by atoms with Crippen LogP contribution in [0.5, 0.6) is 0 Å². The number of carbonyl (C=O) groups excluding carboxylic acids is 1. The maximum atomic E-state index is 14.0. The molecule has 3 aromatic carbocycles. The van der Waals surface area contributed by atoms with Crippen LogP contribution in [0.2, 0.25) is 0 Å². The van der Waals surface area contributed by atoms with Gasteiger partial charge in [-0.1, -0.05) is 49.4 Å². The number of amides is 1. The molecule has 3 rings (SSSR count). The summed E-state index contributed by atoms with van der Waals surface area (Å²) in [7, 11) is -3.61. The van der Waals surface area contributed by atoms with Crippen molar-refractivity contribution >= 4 is 21.4 Å². The number of hydrogen-bond donors (Lipinski definition) is 0. The van der Waals surface area contributed by atoms with E-state index in [2.05, 4.69) is 0 Å². The van der Waals surface area contributed by atoms with E-state index in [1.165, 1.54) is 11.0 Å². The van der Waals surface area contributed by atoms with Gasteiger partial charge in [0.2, 0.25) is 5.91 Å². The van der Waals surface area contributed by atoms with Crippen LogP contribution in [0.4, 0.5) is 10.1 Å². The van der Waals surface area contributed by atoms with Gasteiger partial charge in [-0.15, -0.1) is 0 Å². The van der Waals surface area contributed by atoms with Gasteiger partial charge >= 0.3 is 0 Å². The van der Waals surface area contributed by atoms with Crippen LogP contribution < -0.4 is 4.90 Å². The van der Waals surface area contributed by atoms with Crippen molar-refractivity contribution in [2.24, 2.45) is 0 Å². The summed E-state index contributed by atoms with van der Waals surface area (Å²) in [4.78, 5) is 14.0. The Morgan fingerprint density at radius 3 is 2.35 bits per heavy atom. The van der Waals surface area contributed by atoms with Gasteiger partial charge in [0.05, 0.1) is 23.1 Å². The lowest BCUT2D eigenvalue weighted by molar-refractivity contribution is -0.118. The minimum absolute atomic E-state index is 0.0710. The Hall–Kier alpha value is -3.50. The molecule has 31 heavy (non-hydrogen) atoms. The van der Waals surface area contributed by atoms with Gasteiger partial charge in [0.1, 0.15) is 5.82 Å². The van der Waals surface area contributed by atoms with E-state index in [0.717, 1.165) is 29.5 Å². The van der Waals surface area contributed by atoms with E-state index in [1.54, 1.807) is 25.1 Å². The standard InChI is InChI=1S/C24H21FN2O3S/c1-3-24(28)27(22-12-17(15-26)11-21(25)14-22)16-20-10-9-19(13-23(20)31(2,29)30)18-7-5-4-6-8-18/h4-14H,3,16H2,1-2H3. The topological polar surface area (TPSA) is 78.2 Å². The third-order valence-electron chi connectivity index (χ3n) is 4.83. The van der Waals surface area contributed by atoms with E-state index in [1.807, 2.05) is 36.4 Å². The molecular weight excluding hydrogens is 415 g/mol. The minimum atomic E-state index is -3.61. The van der Waals surface area contributed by atoms with Gasteiger partial charge in [0.25, 0.3) is 0 Å². The second-order valence-electron chi connectivity index (χ2n) is 7.10. The molecule has 0 saturated heterocycles. The summed E-state index contributed by atoms with van der Waals surface area (Å²) in [5.74, 6) is -0.966. The number of rotatable bonds is 6. The second kappa shape index (κ2) is 9.11. The van der Waals surface area contributed by atoms with Crippen molar-refractivity contribution in [3.8, 4) is 17.2 Å². The molecule has 0 spiro atoms. The monoisotopic (exact) mass is 436 g/mol. The Morgan fingerprint density at radius 2 is 1.74 bits per heavy atom. The fourth-order valence-corrected chi connectivity index (χ4v) is 4.27. The first-order chi connectivity index (χ1) is 14.7. The highest BCUT2D eigenvalue weighted by atomic mass is 32.2. The maximum Gasteiger partial charge on any atom is 0.227 e. The Balaban J connectivity index is 2.11. The summed E-state index contributed by atoms with van der Waals surface area (Å²) >= 11 is 0. The summed E-state index contributed by atoms with van der Waals surface area (Å²) in [6, 6.07) is 19.9. The predicted molar refractivity (Wildman–Crippen MR) is 118 cm³/mol. The zero-order valence-electron chi connectivity index (χ0n) is 17.2. The number of hydrogen-bond acceptors (Lipinski definition) is 4. The molecule has 0 aliphatic carbocycles. The summed E-state index contributed by atoms with van der Waals surface area (Å²) in [5.41, 5.74) is 2.29. The van der Waals surface area contributed by atoms with Crippen molar-refractivity contribution in [2.75, 3.05) is 11.2 Å². The fraction of sp³-hybridized carbons (Fsp3) is 0.167. The first-order valence-electron chi connectivity index (χ1n) is 9.62. The molecule has 0 aliphatic heterocycles. The van der Waals surface area contributed by atoms with Gasteiger partial charge in [-0.05, 0) is 41.0 Å². The largest absolute Gasteiger partial charge is 0.308 e. The lowest BCUT2D eigenvalue weighted by Crippen LogP contribution is -2.30. The van der Waals surface area contributed by atoms with Crippen molar-refractivity contribution in [3.05, 3.63) is 83.7 Å². The molecule has 0 atom stereocenters. The van der Waals surface area contributed by atoms with Crippen LogP contribution in [0.25, 0.3) is 11.1 Å². The van der Waals surface area contributed by atoms with E-state index >= 15 is 0 Å². The molecule has 0 fully saturated rings. The second-order valence-corrected chi connectivity index (χ2v) is 9.09. The Bertz CT molecular complexity index is 1270. The summed E-state index contributed by atoms with van der Waals surface area (Å²) < 4.78 is 39.1. The molecule has 0 aliphatic rings. The number of sulfone groups is 1. The molecular formula is C24H21FN2O3S. The van der Waals surface area contributed by atoms with E-state index < -0.39 is 15.7 Å². The number of benzene rings is 3. The van der Waals surface area contributed by atoms with Crippen LogP contribution in [-0.4, -0.2) is 20.6 Å². The highest BCUT2D eigenvalue weighted by molar-refractivity contribution is 7.90. The van der Waals surface area contributed by atoms with Crippen LogP contribution in [0.3, 0.4) is 0 Å². The van der Waals surface area contributed by atoms with Gasteiger partial charge in [-0.2, -0.15) is 5.26 Å². The Morgan fingerprint density at radius 1 is 1.03 bits per heavy atom. The van der Waals surface area contributed by atoms with Crippen LogP contribution in [0.15, 0.2) is 71.6 Å². The zero-order valence-corrected chi connectivity index (χ0v) is 18.0. The molecule has 158 valence electrons. The molecule has 0 N–H and O–H groups in total. The van der Waals surface area contributed by atoms with Gasteiger partial charge in [0, 0.05) is 18.4 Å². The normalized spacial score (nSPS) is 11.0. The van der Waals surface area contributed by atoms with Crippen molar-refractivity contribution < 1.29 is 17.6 Å². The lowest BCUT2D eigenvalue weighted by Gasteiger charge is -2.24. The summed E-state index contributed by atoms with van der Waals surface area (Å²) in [6.07, 6.45) is 1.25. The Kier molecular flexibility index (Phi) is 6.52. The number of nitrogens with zero attached hydrogens (tertiary/aromatic N) is 2. The Labute approximate surface area is 181 Å². The van der Waals surface area contributed by atoms with Crippen LogP contribution in [-0.2, 0) is 21.2 Å². The third-order valence-corrected chi connectivity index (χ3v) is 6.01. The molecule has 0 saturated carbocycles. The van der Waals surface area contributed by atoms with Gasteiger partial charge in [-0.3, -0.25) is 4.79 Å². The molecule has 1 amide bonds. The van der Waals surface area contributed by atoms with E-state index in [9.17, 15) is 17.6 Å². The third kappa shape index (κ3) is 5.16. The lowest BCUT2D eigenvalue weighted by atomic mass is 10.0. The quantitative estimate of drug-likeness (QED) is 0.561. The minimum Gasteiger partial charge on any atom is -0.308 e. The van der Waals surface area contributed by atoms with Crippen molar-refractivity contribution in [1.29, 1.82) is 5.26 Å². The number of halogens is 1. The molecule has 0 aromatic heterocycles.